The SMILES string of the molecule is O=C(O)c1ccc(F)c(CNCC2CCOC2)c1. The molecule has 0 bridgehead atoms. The third kappa shape index (κ3) is 3.27. The Morgan fingerprint density at radius 2 is 2.39 bits per heavy atom. The normalized spacial score (nSPS) is 19.1. The van der Waals surface area contributed by atoms with Gasteiger partial charge < -0.3 is 15.2 Å². The first-order valence-electron chi connectivity index (χ1n) is 5.97. The van der Waals surface area contributed by atoms with Gasteiger partial charge in [-0.1, -0.05) is 0 Å². The Kier molecular flexibility index (Phi) is 4.28. The average Bonchev–Trinajstić information content (AvgIpc) is 2.84. The first-order chi connectivity index (χ1) is 8.66. The molecule has 4 nitrogen and oxygen atoms in total. The molecule has 0 spiro atoms. The van der Waals surface area contributed by atoms with E-state index in [2.05, 4.69) is 5.32 Å². The minimum atomic E-state index is -1.04. The molecule has 98 valence electrons. The number of aromatic carboxylic acids is 1. The number of carboxylic acids is 1. The van der Waals surface area contributed by atoms with E-state index in [4.69, 9.17) is 9.84 Å². The van der Waals surface area contributed by atoms with E-state index in [1.54, 1.807) is 0 Å². The van der Waals surface area contributed by atoms with Gasteiger partial charge in [0.15, 0.2) is 0 Å². The van der Waals surface area contributed by atoms with Gasteiger partial charge in [-0.2, -0.15) is 0 Å². The first kappa shape index (κ1) is 13.0. The quantitative estimate of drug-likeness (QED) is 0.837. The lowest BCUT2D eigenvalue weighted by atomic mass is 10.1. The summed E-state index contributed by atoms with van der Waals surface area (Å²) >= 11 is 0. The molecule has 0 saturated carbocycles. The molecule has 0 aliphatic carbocycles. The maximum atomic E-state index is 13.5. The summed E-state index contributed by atoms with van der Waals surface area (Å²) in [4.78, 5) is 10.8. The Bertz CT molecular complexity index is 430. The van der Waals surface area contributed by atoms with Crippen LogP contribution in [-0.2, 0) is 11.3 Å². The lowest BCUT2D eigenvalue weighted by Gasteiger charge is -2.10. The van der Waals surface area contributed by atoms with Gasteiger partial charge in [0.1, 0.15) is 5.82 Å². The van der Waals surface area contributed by atoms with Crippen LogP contribution in [0, 0.1) is 11.7 Å². The Morgan fingerprint density at radius 3 is 3.06 bits per heavy atom. The van der Waals surface area contributed by atoms with Gasteiger partial charge in [-0.15, -0.1) is 0 Å². The highest BCUT2D eigenvalue weighted by molar-refractivity contribution is 5.87. The number of benzene rings is 1. The highest BCUT2D eigenvalue weighted by Gasteiger charge is 2.15. The summed E-state index contributed by atoms with van der Waals surface area (Å²) < 4.78 is 18.7. The van der Waals surface area contributed by atoms with Crippen LogP contribution in [0.15, 0.2) is 18.2 Å². The van der Waals surface area contributed by atoms with E-state index in [0.717, 1.165) is 26.2 Å². The molecule has 2 N–H and O–H groups in total. The summed E-state index contributed by atoms with van der Waals surface area (Å²) in [7, 11) is 0. The predicted octanol–water partition coefficient (Wildman–Crippen LogP) is 1.65. The van der Waals surface area contributed by atoms with Crippen molar-refractivity contribution in [3.63, 3.8) is 0 Å². The molecular weight excluding hydrogens is 237 g/mol. The molecule has 1 aliphatic rings. The number of halogens is 1. The van der Waals surface area contributed by atoms with Crippen molar-refractivity contribution in [1.82, 2.24) is 5.32 Å². The topological polar surface area (TPSA) is 58.6 Å². The minimum Gasteiger partial charge on any atom is -0.478 e. The van der Waals surface area contributed by atoms with E-state index >= 15 is 0 Å². The highest BCUT2D eigenvalue weighted by atomic mass is 19.1. The van der Waals surface area contributed by atoms with Crippen LogP contribution in [-0.4, -0.2) is 30.8 Å². The molecule has 1 atom stereocenters. The molecule has 0 amide bonds. The Balaban J connectivity index is 1.91. The molecule has 2 rings (SSSR count). The lowest BCUT2D eigenvalue weighted by molar-refractivity contribution is 0.0696. The van der Waals surface area contributed by atoms with Gasteiger partial charge in [0.05, 0.1) is 12.2 Å². The average molecular weight is 253 g/mol. The number of hydrogen-bond donors (Lipinski definition) is 2. The molecule has 1 aromatic rings. The van der Waals surface area contributed by atoms with Crippen LogP contribution in [0.1, 0.15) is 22.3 Å². The Labute approximate surface area is 105 Å². The van der Waals surface area contributed by atoms with Crippen molar-refractivity contribution in [3.05, 3.63) is 35.1 Å². The van der Waals surface area contributed by atoms with E-state index in [1.807, 2.05) is 0 Å². The van der Waals surface area contributed by atoms with Crippen LogP contribution >= 0.6 is 0 Å². The van der Waals surface area contributed by atoms with Crippen LogP contribution < -0.4 is 5.32 Å². The summed E-state index contributed by atoms with van der Waals surface area (Å²) in [6, 6.07) is 3.83. The fourth-order valence-electron chi connectivity index (χ4n) is 2.00. The molecule has 1 heterocycles. The fraction of sp³-hybridized carbons (Fsp3) is 0.462. The van der Waals surface area contributed by atoms with Crippen molar-refractivity contribution in [1.29, 1.82) is 0 Å². The minimum absolute atomic E-state index is 0.109. The van der Waals surface area contributed by atoms with Crippen molar-refractivity contribution < 1.29 is 19.0 Å². The number of nitrogens with one attached hydrogen (secondary N) is 1. The third-order valence-electron chi connectivity index (χ3n) is 3.07. The van der Waals surface area contributed by atoms with Crippen molar-refractivity contribution in [3.8, 4) is 0 Å². The standard InChI is InChI=1S/C13H16FNO3/c14-12-2-1-10(13(16)17)5-11(12)7-15-6-9-3-4-18-8-9/h1-2,5,9,15H,3-4,6-8H2,(H,16,17). The predicted molar refractivity (Wildman–Crippen MR) is 64.0 cm³/mol. The number of rotatable bonds is 5. The van der Waals surface area contributed by atoms with Crippen LogP contribution in [0.5, 0.6) is 0 Å². The maximum Gasteiger partial charge on any atom is 0.335 e. The number of hydrogen-bond acceptors (Lipinski definition) is 3. The van der Waals surface area contributed by atoms with E-state index in [1.165, 1.54) is 18.2 Å². The van der Waals surface area contributed by atoms with E-state index in [-0.39, 0.29) is 11.4 Å². The van der Waals surface area contributed by atoms with Crippen LogP contribution in [0.25, 0.3) is 0 Å². The number of carbonyl (C=O) groups is 1. The third-order valence-corrected chi connectivity index (χ3v) is 3.07. The molecule has 1 fully saturated rings. The maximum absolute atomic E-state index is 13.5. The zero-order valence-electron chi connectivity index (χ0n) is 9.99. The molecule has 0 aromatic heterocycles. The molecular formula is C13H16FNO3. The molecule has 1 unspecified atom stereocenters. The van der Waals surface area contributed by atoms with Crippen molar-refractivity contribution in [2.45, 2.75) is 13.0 Å². The van der Waals surface area contributed by atoms with Gasteiger partial charge in [-0.3, -0.25) is 0 Å². The van der Waals surface area contributed by atoms with Crippen LogP contribution in [0.2, 0.25) is 0 Å². The van der Waals surface area contributed by atoms with Crippen molar-refractivity contribution >= 4 is 5.97 Å². The first-order valence-corrected chi connectivity index (χ1v) is 5.97. The van der Waals surface area contributed by atoms with E-state index < -0.39 is 5.97 Å². The second kappa shape index (κ2) is 5.93. The molecule has 1 aromatic carbocycles. The monoisotopic (exact) mass is 253 g/mol. The second-order valence-corrected chi connectivity index (χ2v) is 4.47. The van der Waals surface area contributed by atoms with Crippen molar-refractivity contribution in [2.24, 2.45) is 5.92 Å². The van der Waals surface area contributed by atoms with Gasteiger partial charge in [0.2, 0.25) is 0 Å². The van der Waals surface area contributed by atoms with Crippen molar-refractivity contribution in [2.75, 3.05) is 19.8 Å². The van der Waals surface area contributed by atoms with Gasteiger partial charge in [-0.05, 0) is 30.5 Å². The Morgan fingerprint density at radius 1 is 1.56 bits per heavy atom. The summed E-state index contributed by atoms with van der Waals surface area (Å²) in [5.41, 5.74) is 0.492. The smallest absolute Gasteiger partial charge is 0.335 e. The summed E-state index contributed by atoms with van der Waals surface area (Å²) in [5, 5.41) is 12.0. The van der Waals surface area contributed by atoms with Gasteiger partial charge in [-0.25, -0.2) is 9.18 Å². The number of ether oxygens (including phenoxy) is 1. The summed E-state index contributed by atoms with van der Waals surface area (Å²) in [6.45, 7) is 2.63. The summed E-state index contributed by atoms with van der Waals surface area (Å²) in [6.07, 6.45) is 1.02. The second-order valence-electron chi connectivity index (χ2n) is 4.47. The van der Waals surface area contributed by atoms with E-state index in [0.29, 0.717) is 18.0 Å². The molecule has 18 heavy (non-hydrogen) atoms. The largest absolute Gasteiger partial charge is 0.478 e. The van der Waals surface area contributed by atoms with Crippen LogP contribution in [0.4, 0.5) is 4.39 Å². The molecule has 5 heteroatoms. The molecule has 1 saturated heterocycles. The number of carboxylic acid groups (broad SMARTS) is 1. The summed E-state index contributed by atoms with van der Waals surface area (Å²) in [5.74, 6) is -0.952. The molecule has 0 radical (unpaired) electrons. The molecule has 1 aliphatic heterocycles. The zero-order valence-corrected chi connectivity index (χ0v) is 9.99. The Hall–Kier alpha value is -1.46. The van der Waals surface area contributed by atoms with Gasteiger partial charge in [0, 0.05) is 25.3 Å². The fourth-order valence-corrected chi connectivity index (χ4v) is 2.00. The highest BCUT2D eigenvalue weighted by Crippen LogP contribution is 2.13. The van der Waals surface area contributed by atoms with E-state index in [9.17, 15) is 9.18 Å². The van der Waals surface area contributed by atoms with Gasteiger partial charge >= 0.3 is 5.97 Å². The van der Waals surface area contributed by atoms with Gasteiger partial charge in [0.25, 0.3) is 0 Å². The zero-order chi connectivity index (χ0) is 13.0. The van der Waals surface area contributed by atoms with Crippen LogP contribution in [0.3, 0.4) is 0 Å². The lowest BCUT2D eigenvalue weighted by Crippen LogP contribution is -2.23.